The molecule has 1 aromatic heterocycles. The molecule has 1 aromatic carbocycles. The Kier molecular flexibility index (Phi) is 5.76. The number of rotatable bonds is 5. The van der Waals surface area contributed by atoms with Gasteiger partial charge in [-0.15, -0.1) is 11.3 Å². The maximum Gasteiger partial charge on any atom is 0.253 e. The normalized spacial score (nSPS) is 15.8. The van der Waals surface area contributed by atoms with Crippen LogP contribution < -0.4 is 0 Å². The van der Waals surface area contributed by atoms with Crippen LogP contribution in [0, 0.1) is 6.92 Å². The number of hydrogen-bond donors (Lipinski definition) is 0. The van der Waals surface area contributed by atoms with Crippen molar-refractivity contribution in [3.8, 4) is 0 Å². The molecule has 2 heterocycles. The maximum atomic E-state index is 13.0. The molecule has 0 aliphatic carbocycles. The summed E-state index contributed by atoms with van der Waals surface area (Å²) in [5.74, 6) is -0.197. The Bertz CT molecular complexity index is 873. The van der Waals surface area contributed by atoms with Crippen molar-refractivity contribution in [2.24, 2.45) is 0 Å². The van der Waals surface area contributed by atoms with Gasteiger partial charge in [-0.25, -0.2) is 8.42 Å². The molecular weight excluding hydrogens is 372 g/mol. The van der Waals surface area contributed by atoms with Gasteiger partial charge in [0.1, 0.15) is 0 Å². The summed E-state index contributed by atoms with van der Waals surface area (Å²) in [5, 5.41) is 1.96. The van der Waals surface area contributed by atoms with Crippen LogP contribution in [0.3, 0.4) is 0 Å². The lowest BCUT2D eigenvalue weighted by Gasteiger charge is -2.27. The van der Waals surface area contributed by atoms with Gasteiger partial charge < -0.3 is 9.64 Å². The molecule has 1 fully saturated rings. The third-order valence-electron chi connectivity index (χ3n) is 4.34. The van der Waals surface area contributed by atoms with E-state index in [1.165, 1.54) is 10.4 Å². The van der Waals surface area contributed by atoms with E-state index in [-0.39, 0.29) is 10.8 Å². The first-order chi connectivity index (χ1) is 12.4. The van der Waals surface area contributed by atoms with E-state index < -0.39 is 10.0 Å². The molecule has 2 aromatic rings. The number of amides is 1. The van der Waals surface area contributed by atoms with Gasteiger partial charge in [-0.1, -0.05) is 12.1 Å². The quantitative estimate of drug-likeness (QED) is 0.781. The molecular formula is C18H22N2O4S2. The van der Waals surface area contributed by atoms with Crippen molar-refractivity contribution >= 4 is 27.3 Å². The van der Waals surface area contributed by atoms with Gasteiger partial charge in [0.15, 0.2) is 0 Å². The molecule has 1 saturated heterocycles. The molecule has 0 bridgehead atoms. The zero-order chi connectivity index (χ0) is 18.7. The Balaban J connectivity index is 1.86. The van der Waals surface area contributed by atoms with Crippen molar-refractivity contribution in [3.05, 3.63) is 51.7 Å². The lowest BCUT2D eigenvalue weighted by Crippen LogP contribution is -2.41. The number of morpholine rings is 1. The first-order valence-electron chi connectivity index (χ1n) is 8.36. The fraction of sp³-hybridized carbons (Fsp3) is 0.389. The van der Waals surface area contributed by atoms with E-state index >= 15 is 0 Å². The largest absolute Gasteiger partial charge is 0.379 e. The molecule has 8 heteroatoms. The van der Waals surface area contributed by atoms with E-state index in [0.29, 0.717) is 44.0 Å². The van der Waals surface area contributed by atoms with Gasteiger partial charge in [0, 0.05) is 30.6 Å². The standard InChI is InChI=1S/C18H22N2O4S2/c1-14-5-6-15(18(21)19(2)13-16-4-3-11-25-16)12-17(14)26(22,23)20-7-9-24-10-8-20/h3-6,11-12H,7-10,13H2,1-2H3. The number of nitrogens with zero attached hydrogens (tertiary/aromatic N) is 2. The number of sulfonamides is 1. The van der Waals surface area contributed by atoms with Crippen molar-refractivity contribution in [1.82, 2.24) is 9.21 Å². The molecule has 0 atom stereocenters. The predicted octanol–water partition coefficient (Wildman–Crippen LogP) is 2.35. The second kappa shape index (κ2) is 7.87. The molecule has 1 aliphatic rings. The highest BCUT2D eigenvalue weighted by atomic mass is 32.2. The van der Waals surface area contributed by atoms with Crippen LogP contribution in [0.15, 0.2) is 40.6 Å². The van der Waals surface area contributed by atoms with E-state index in [1.54, 1.807) is 42.3 Å². The van der Waals surface area contributed by atoms with Gasteiger partial charge in [-0.3, -0.25) is 4.79 Å². The predicted molar refractivity (Wildman–Crippen MR) is 101 cm³/mol. The van der Waals surface area contributed by atoms with E-state index in [2.05, 4.69) is 0 Å². The summed E-state index contributed by atoms with van der Waals surface area (Å²) >= 11 is 1.58. The third-order valence-corrected chi connectivity index (χ3v) is 7.24. The van der Waals surface area contributed by atoms with Crippen LogP contribution in [0.4, 0.5) is 0 Å². The Morgan fingerprint density at radius 3 is 2.65 bits per heavy atom. The van der Waals surface area contributed by atoms with Crippen molar-refractivity contribution in [3.63, 3.8) is 0 Å². The van der Waals surface area contributed by atoms with Gasteiger partial charge in [-0.05, 0) is 36.1 Å². The smallest absolute Gasteiger partial charge is 0.253 e. The number of hydrogen-bond acceptors (Lipinski definition) is 5. The molecule has 6 nitrogen and oxygen atoms in total. The molecule has 1 amide bonds. The van der Waals surface area contributed by atoms with Crippen LogP contribution in [0.25, 0.3) is 0 Å². The Hall–Kier alpha value is -1.74. The van der Waals surface area contributed by atoms with Crippen LogP contribution >= 0.6 is 11.3 Å². The highest BCUT2D eigenvalue weighted by Gasteiger charge is 2.28. The number of carbonyl (C=O) groups excluding carboxylic acids is 1. The number of benzene rings is 1. The van der Waals surface area contributed by atoms with Crippen molar-refractivity contribution in [2.75, 3.05) is 33.4 Å². The average Bonchev–Trinajstić information content (AvgIpc) is 3.15. The van der Waals surface area contributed by atoms with E-state index in [9.17, 15) is 13.2 Å². The third kappa shape index (κ3) is 3.98. The summed E-state index contributed by atoms with van der Waals surface area (Å²) in [6, 6.07) is 8.78. The number of ether oxygens (including phenoxy) is 1. The van der Waals surface area contributed by atoms with E-state index in [4.69, 9.17) is 4.74 Å². The zero-order valence-corrected chi connectivity index (χ0v) is 16.5. The molecule has 0 spiro atoms. The zero-order valence-electron chi connectivity index (χ0n) is 14.8. The average molecular weight is 395 g/mol. The molecule has 0 saturated carbocycles. The summed E-state index contributed by atoms with van der Waals surface area (Å²) < 4.78 is 32.6. The minimum atomic E-state index is -3.64. The van der Waals surface area contributed by atoms with Gasteiger partial charge in [-0.2, -0.15) is 4.31 Å². The number of carbonyl (C=O) groups is 1. The molecule has 0 radical (unpaired) electrons. The summed E-state index contributed by atoms with van der Waals surface area (Å²) in [5.41, 5.74) is 1.01. The monoisotopic (exact) mass is 394 g/mol. The Morgan fingerprint density at radius 1 is 1.27 bits per heavy atom. The van der Waals surface area contributed by atoms with Gasteiger partial charge in [0.05, 0.1) is 24.7 Å². The summed E-state index contributed by atoms with van der Waals surface area (Å²) in [6.45, 7) is 3.68. The Morgan fingerprint density at radius 2 is 2.00 bits per heavy atom. The van der Waals surface area contributed by atoms with E-state index in [0.717, 1.165) is 4.88 Å². The number of aryl methyl sites for hydroxylation is 1. The second-order valence-corrected chi connectivity index (χ2v) is 9.18. The minimum absolute atomic E-state index is 0.190. The molecule has 0 unspecified atom stereocenters. The molecule has 140 valence electrons. The molecule has 3 rings (SSSR count). The molecule has 1 aliphatic heterocycles. The van der Waals surface area contributed by atoms with Crippen molar-refractivity contribution in [2.45, 2.75) is 18.4 Å². The van der Waals surface area contributed by atoms with Crippen LogP contribution in [0.5, 0.6) is 0 Å². The van der Waals surface area contributed by atoms with Crippen molar-refractivity contribution in [1.29, 1.82) is 0 Å². The fourth-order valence-electron chi connectivity index (χ4n) is 2.87. The van der Waals surface area contributed by atoms with E-state index in [1.807, 2.05) is 17.5 Å². The molecule has 0 N–H and O–H groups in total. The van der Waals surface area contributed by atoms with Crippen molar-refractivity contribution < 1.29 is 17.9 Å². The first-order valence-corrected chi connectivity index (χ1v) is 10.7. The summed E-state index contributed by atoms with van der Waals surface area (Å²) in [7, 11) is -1.92. The van der Waals surface area contributed by atoms with Gasteiger partial charge >= 0.3 is 0 Å². The summed E-state index contributed by atoms with van der Waals surface area (Å²) in [4.78, 5) is 15.6. The molecule has 26 heavy (non-hydrogen) atoms. The SMILES string of the molecule is Cc1ccc(C(=O)N(C)Cc2cccs2)cc1S(=O)(=O)N1CCOCC1. The van der Waals surface area contributed by atoms with Crippen LogP contribution in [0.1, 0.15) is 20.8 Å². The second-order valence-electron chi connectivity index (χ2n) is 6.24. The highest BCUT2D eigenvalue weighted by Crippen LogP contribution is 2.23. The maximum absolute atomic E-state index is 13.0. The van der Waals surface area contributed by atoms with Gasteiger partial charge in [0.25, 0.3) is 5.91 Å². The van der Waals surface area contributed by atoms with Gasteiger partial charge in [0.2, 0.25) is 10.0 Å². The topological polar surface area (TPSA) is 66.9 Å². The van der Waals surface area contributed by atoms with Crippen LogP contribution in [0.2, 0.25) is 0 Å². The van der Waals surface area contributed by atoms with Crippen LogP contribution in [-0.4, -0.2) is 56.9 Å². The minimum Gasteiger partial charge on any atom is -0.379 e. The fourth-order valence-corrected chi connectivity index (χ4v) is 5.28. The Labute approximate surface area is 158 Å². The lowest BCUT2D eigenvalue weighted by atomic mass is 10.1. The number of thiophene rings is 1. The lowest BCUT2D eigenvalue weighted by molar-refractivity contribution is 0.0730. The summed E-state index contributed by atoms with van der Waals surface area (Å²) in [6.07, 6.45) is 0. The van der Waals surface area contributed by atoms with Crippen LogP contribution in [-0.2, 0) is 21.3 Å². The highest BCUT2D eigenvalue weighted by molar-refractivity contribution is 7.89. The first kappa shape index (κ1) is 19.0.